The third-order valence-electron chi connectivity index (χ3n) is 4.46. The maximum atomic E-state index is 6.34. The Bertz CT molecular complexity index is 930. The van der Waals surface area contributed by atoms with Crippen molar-refractivity contribution in [2.45, 2.75) is 18.9 Å². The first-order valence-corrected chi connectivity index (χ1v) is 9.41. The Morgan fingerprint density at radius 3 is 2.74 bits per heavy atom. The van der Waals surface area contributed by atoms with Crippen LogP contribution in [0.1, 0.15) is 30.3 Å². The zero-order valence-electron chi connectivity index (χ0n) is 14.6. The predicted octanol–water partition coefficient (Wildman–Crippen LogP) is 4.37. The summed E-state index contributed by atoms with van der Waals surface area (Å²) in [6.45, 7) is 3.16. The Hall–Kier alpha value is -2.12. The van der Waals surface area contributed by atoms with Crippen LogP contribution < -0.4 is 15.6 Å². The van der Waals surface area contributed by atoms with Crippen molar-refractivity contribution in [1.82, 2.24) is 21.0 Å². The molecule has 6 nitrogen and oxygen atoms in total. The van der Waals surface area contributed by atoms with Gasteiger partial charge in [-0.25, -0.2) is 5.43 Å². The van der Waals surface area contributed by atoms with Crippen LogP contribution in [0.3, 0.4) is 0 Å². The number of halogens is 2. The molecular formula is C19H18Cl2N4O2. The SMILES string of the molecule is CCOc1ccc(C2NNCC2c2nc(-c3ccc(Cl)cc3)no2)cc1Cl. The lowest BCUT2D eigenvalue weighted by Crippen LogP contribution is -2.24. The first kappa shape index (κ1) is 18.3. The number of nitrogens with one attached hydrogen (secondary N) is 2. The second-order valence-electron chi connectivity index (χ2n) is 6.20. The van der Waals surface area contributed by atoms with Crippen molar-refractivity contribution < 1.29 is 9.26 Å². The van der Waals surface area contributed by atoms with E-state index in [-0.39, 0.29) is 12.0 Å². The fourth-order valence-corrected chi connectivity index (χ4v) is 3.50. The molecule has 0 aliphatic carbocycles. The summed E-state index contributed by atoms with van der Waals surface area (Å²) in [4.78, 5) is 4.58. The van der Waals surface area contributed by atoms with Crippen LogP contribution in [0.2, 0.25) is 10.0 Å². The van der Waals surface area contributed by atoms with Gasteiger partial charge in [-0.2, -0.15) is 4.98 Å². The van der Waals surface area contributed by atoms with Gasteiger partial charge in [0.05, 0.1) is 23.6 Å². The first-order valence-electron chi connectivity index (χ1n) is 8.66. The van der Waals surface area contributed by atoms with Crippen LogP contribution in [-0.2, 0) is 0 Å². The summed E-state index contributed by atoms with van der Waals surface area (Å²) in [5.41, 5.74) is 8.30. The Kier molecular flexibility index (Phi) is 5.31. The van der Waals surface area contributed by atoms with Gasteiger partial charge in [0, 0.05) is 17.1 Å². The minimum atomic E-state index is -0.0447. The minimum absolute atomic E-state index is 0.0208. The quantitative estimate of drug-likeness (QED) is 0.657. The molecular weight excluding hydrogens is 387 g/mol. The van der Waals surface area contributed by atoms with Crippen molar-refractivity contribution >= 4 is 23.2 Å². The van der Waals surface area contributed by atoms with E-state index in [9.17, 15) is 0 Å². The van der Waals surface area contributed by atoms with Crippen LogP contribution in [0.25, 0.3) is 11.4 Å². The standard InChI is InChI=1S/C19H18Cl2N4O2/c1-2-26-16-8-5-12(9-15(16)21)17-14(10-22-24-17)19-23-18(25-27-19)11-3-6-13(20)7-4-11/h3-9,14,17,22,24H,2,10H2,1H3. The van der Waals surface area contributed by atoms with E-state index >= 15 is 0 Å². The van der Waals surface area contributed by atoms with Crippen LogP contribution >= 0.6 is 23.2 Å². The van der Waals surface area contributed by atoms with Crippen molar-refractivity contribution in [3.8, 4) is 17.1 Å². The molecule has 27 heavy (non-hydrogen) atoms. The Morgan fingerprint density at radius 2 is 2.00 bits per heavy atom. The number of benzene rings is 2. The normalized spacial score (nSPS) is 19.4. The highest BCUT2D eigenvalue weighted by atomic mass is 35.5. The molecule has 2 aromatic carbocycles. The zero-order chi connectivity index (χ0) is 18.8. The van der Waals surface area contributed by atoms with Crippen molar-refractivity contribution in [2.75, 3.05) is 13.2 Å². The number of nitrogens with zero attached hydrogens (tertiary/aromatic N) is 2. The molecule has 4 rings (SSSR count). The molecule has 1 saturated heterocycles. The summed E-state index contributed by atoms with van der Waals surface area (Å²) in [5, 5.41) is 5.36. The topological polar surface area (TPSA) is 72.2 Å². The number of ether oxygens (including phenoxy) is 1. The summed E-state index contributed by atoms with van der Waals surface area (Å²) < 4.78 is 11.1. The predicted molar refractivity (Wildman–Crippen MR) is 104 cm³/mol. The molecule has 1 aliphatic rings. The van der Waals surface area contributed by atoms with Crippen LogP contribution in [-0.4, -0.2) is 23.3 Å². The fraction of sp³-hybridized carbons (Fsp3) is 0.263. The lowest BCUT2D eigenvalue weighted by molar-refractivity contribution is 0.339. The molecule has 2 heterocycles. The average molecular weight is 405 g/mol. The molecule has 8 heteroatoms. The van der Waals surface area contributed by atoms with Gasteiger partial charge in [0.1, 0.15) is 5.75 Å². The van der Waals surface area contributed by atoms with Gasteiger partial charge >= 0.3 is 0 Å². The second kappa shape index (κ2) is 7.86. The van der Waals surface area contributed by atoms with Crippen LogP contribution in [0.5, 0.6) is 5.75 Å². The molecule has 1 fully saturated rings. The summed E-state index contributed by atoms with van der Waals surface area (Å²) in [6.07, 6.45) is 0. The smallest absolute Gasteiger partial charge is 0.233 e. The Morgan fingerprint density at radius 1 is 1.19 bits per heavy atom. The Balaban J connectivity index is 1.58. The van der Waals surface area contributed by atoms with Gasteiger partial charge in [0.2, 0.25) is 11.7 Å². The highest BCUT2D eigenvalue weighted by molar-refractivity contribution is 6.32. The summed E-state index contributed by atoms with van der Waals surface area (Å²) in [7, 11) is 0. The van der Waals surface area contributed by atoms with Crippen molar-refractivity contribution in [2.24, 2.45) is 0 Å². The largest absolute Gasteiger partial charge is 0.492 e. The number of hydrogen-bond acceptors (Lipinski definition) is 6. The van der Waals surface area contributed by atoms with Crippen molar-refractivity contribution in [1.29, 1.82) is 0 Å². The minimum Gasteiger partial charge on any atom is -0.492 e. The van der Waals surface area contributed by atoms with Gasteiger partial charge in [0.15, 0.2) is 0 Å². The van der Waals surface area contributed by atoms with Gasteiger partial charge in [-0.15, -0.1) is 0 Å². The lowest BCUT2D eigenvalue weighted by Gasteiger charge is -2.17. The molecule has 0 spiro atoms. The number of aromatic nitrogens is 2. The van der Waals surface area contributed by atoms with E-state index < -0.39 is 0 Å². The molecule has 0 bridgehead atoms. The molecule has 1 aliphatic heterocycles. The van der Waals surface area contributed by atoms with Gasteiger partial charge < -0.3 is 9.26 Å². The molecule has 1 aromatic heterocycles. The van der Waals surface area contributed by atoms with Gasteiger partial charge in [0.25, 0.3) is 0 Å². The molecule has 140 valence electrons. The second-order valence-corrected chi connectivity index (χ2v) is 7.04. The molecule has 0 saturated carbocycles. The summed E-state index contributed by atoms with van der Waals surface area (Å²) >= 11 is 12.3. The summed E-state index contributed by atoms with van der Waals surface area (Å²) in [6, 6.07) is 13.1. The monoisotopic (exact) mass is 404 g/mol. The van der Waals surface area contributed by atoms with Crippen LogP contribution in [0, 0.1) is 0 Å². The number of hydrogen-bond donors (Lipinski definition) is 2. The average Bonchev–Trinajstić information content (AvgIpc) is 3.33. The highest BCUT2D eigenvalue weighted by Crippen LogP contribution is 2.36. The Labute approximate surface area is 166 Å². The number of hydrazine groups is 1. The fourth-order valence-electron chi connectivity index (χ4n) is 3.13. The third-order valence-corrected chi connectivity index (χ3v) is 5.01. The molecule has 0 amide bonds. The van der Waals surface area contributed by atoms with Gasteiger partial charge in [-0.3, -0.25) is 5.43 Å². The van der Waals surface area contributed by atoms with Crippen LogP contribution in [0.4, 0.5) is 0 Å². The molecule has 2 atom stereocenters. The van der Waals surface area contributed by atoms with Crippen molar-refractivity contribution in [3.63, 3.8) is 0 Å². The van der Waals surface area contributed by atoms with Gasteiger partial charge in [-0.05, 0) is 48.9 Å². The molecule has 2 unspecified atom stereocenters. The molecule has 2 N–H and O–H groups in total. The van der Waals surface area contributed by atoms with Crippen molar-refractivity contribution in [3.05, 3.63) is 64.0 Å². The van der Waals surface area contributed by atoms with E-state index in [0.29, 0.717) is 40.7 Å². The van der Waals surface area contributed by atoms with E-state index in [1.54, 1.807) is 12.1 Å². The molecule has 3 aromatic rings. The van der Waals surface area contributed by atoms with E-state index in [0.717, 1.165) is 11.1 Å². The maximum absolute atomic E-state index is 6.34. The van der Waals surface area contributed by atoms with E-state index in [1.807, 2.05) is 37.3 Å². The van der Waals surface area contributed by atoms with Crippen LogP contribution in [0.15, 0.2) is 47.0 Å². The van der Waals surface area contributed by atoms with E-state index in [4.69, 9.17) is 32.5 Å². The van der Waals surface area contributed by atoms with Gasteiger partial charge in [-0.1, -0.05) is 34.4 Å². The lowest BCUT2D eigenvalue weighted by atomic mass is 9.95. The maximum Gasteiger partial charge on any atom is 0.233 e. The number of rotatable bonds is 5. The zero-order valence-corrected chi connectivity index (χ0v) is 16.1. The van der Waals surface area contributed by atoms with E-state index in [1.165, 1.54) is 0 Å². The first-order chi connectivity index (χ1) is 13.2. The highest BCUT2D eigenvalue weighted by Gasteiger charge is 2.34. The van der Waals surface area contributed by atoms with E-state index in [2.05, 4.69) is 21.0 Å². The third kappa shape index (κ3) is 3.80. The molecule has 0 radical (unpaired) electrons. The summed E-state index contributed by atoms with van der Waals surface area (Å²) in [5.74, 6) is 1.75.